The second kappa shape index (κ2) is 15.9. The average molecular weight is 353 g/mol. The Morgan fingerprint density at radius 2 is 1.20 bits per heavy atom. The van der Waals surface area contributed by atoms with Gasteiger partial charge in [-0.2, -0.15) is 0 Å². The molecule has 2 fully saturated rings. The van der Waals surface area contributed by atoms with Crippen LogP contribution in [0.1, 0.15) is 106 Å². The van der Waals surface area contributed by atoms with Crippen molar-refractivity contribution in [2.75, 3.05) is 6.61 Å². The molecule has 0 spiro atoms. The van der Waals surface area contributed by atoms with Crippen LogP contribution in [0.4, 0.5) is 0 Å². The molecule has 25 heavy (non-hydrogen) atoms. The Bertz CT molecular complexity index is 297. The van der Waals surface area contributed by atoms with E-state index >= 15 is 0 Å². The lowest BCUT2D eigenvalue weighted by Gasteiger charge is -2.35. The lowest BCUT2D eigenvalue weighted by molar-refractivity contribution is 0.184. The number of hydrogen-bond acceptors (Lipinski definition) is 1. The van der Waals surface area contributed by atoms with E-state index in [4.69, 9.17) is 5.11 Å². The van der Waals surface area contributed by atoms with Gasteiger partial charge in [0.2, 0.25) is 0 Å². The van der Waals surface area contributed by atoms with Crippen molar-refractivity contribution < 1.29 is 5.11 Å². The Labute approximate surface area is 159 Å². The van der Waals surface area contributed by atoms with Crippen molar-refractivity contribution in [3.05, 3.63) is 12.2 Å². The van der Waals surface area contributed by atoms with E-state index in [-0.39, 0.29) is 6.61 Å². The molecule has 150 valence electrons. The fourth-order valence-corrected chi connectivity index (χ4v) is 4.90. The SMILES string of the molecule is C/C=C\C1C(CC)CCCC1CC.CCC1CCCCC1C.CCO. The minimum absolute atomic E-state index is 0.250. The van der Waals surface area contributed by atoms with Crippen LogP contribution in [0.5, 0.6) is 0 Å². The summed E-state index contributed by atoms with van der Waals surface area (Å²) < 4.78 is 0. The predicted octanol–water partition coefficient (Wildman–Crippen LogP) is 7.64. The molecule has 2 aliphatic carbocycles. The van der Waals surface area contributed by atoms with Gasteiger partial charge in [0.1, 0.15) is 0 Å². The summed E-state index contributed by atoms with van der Waals surface area (Å²) in [5.41, 5.74) is 0. The lowest BCUT2D eigenvalue weighted by atomic mass is 9.70. The summed E-state index contributed by atoms with van der Waals surface area (Å²) in [6, 6.07) is 0. The Morgan fingerprint density at radius 3 is 1.56 bits per heavy atom. The molecule has 2 aliphatic rings. The highest BCUT2D eigenvalue weighted by Gasteiger charge is 2.28. The smallest absolute Gasteiger partial charge is 0.0402 e. The van der Waals surface area contributed by atoms with E-state index < -0.39 is 0 Å². The van der Waals surface area contributed by atoms with Crippen LogP contribution in [0, 0.1) is 29.6 Å². The van der Waals surface area contributed by atoms with E-state index in [1.54, 1.807) is 6.92 Å². The van der Waals surface area contributed by atoms with Crippen molar-refractivity contribution in [3.8, 4) is 0 Å². The fraction of sp³-hybridized carbons (Fsp3) is 0.917. The summed E-state index contributed by atoms with van der Waals surface area (Å²) in [4.78, 5) is 0. The molecule has 4 unspecified atom stereocenters. The molecule has 0 aromatic rings. The largest absolute Gasteiger partial charge is 0.397 e. The number of aliphatic hydroxyl groups is 1. The van der Waals surface area contributed by atoms with Gasteiger partial charge in [0.25, 0.3) is 0 Å². The molecule has 0 aliphatic heterocycles. The summed E-state index contributed by atoms with van der Waals surface area (Å²) in [5.74, 6) is 4.89. The van der Waals surface area contributed by atoms with Crippen LogP contribution in [0.2, 0.25) is 0 Å². The molecule has 0 heterocycles. The molecule has 4 atom stereocenters. The zero-order valence-electron chi connectivity index (χ0n) is 18.3. The molecule has 1 N–H and O–H groups in total. The molecule has 2 rings (SSSR count). The van der Waals surface area contributed by atoms with Crippen molar-refractivity contribution in [2.24, 2.45) is 29.6 Å². The number of rotatable bonds is 4. The highest BCUT2D eigenvalue weighted by atomic mass is 16.2. The summed E-state index contributed by atoms with van der Waals surface area (Å²) in [6.45, 7) is 13.5. The third kappa shape index (κ3) is 9.83. The van der Waals surface area contributed by atoms with Crippen LogP contribution in [0.15, 0.2) is 12.2 Å². The van der Waals surface area contributed by atoms with Gasteiger partial charge in [-0.15, -0.1) is 0 Å². The van der Waals surface area contributed by atoms with Crippen molar-refractivity contribution in [1.82, 2.24) is 0 Å². The third-order valence-electron chi connectivity index (χ3n) is 6.52. The van der Waals surface area contributed by atoms with E-state index in [2.05, 4.69) is 46.8 Å². The van der Waals surface area contributed by atoms with Gasteiger partial charge < -0.3 is 5.11 Å². The zero-order chi connectivity index (χ0) is 19.1. The molecule has 0 bridgehead atoms. The monoisotopic (exact) mass is 352 g/mol. The van der Waals surface area contributed by atoms with Gasteiger partial charge in [0.05, 0.1) is 0 Å². The number of aliphatic hydroxyl groups excluding tert-OH is 1. The van der Waals surface area contributed by atoms with Gasteiger partial charge in [-0.25, -0.2) is 0 Å². The first-order valence-corrected chi connectivity index (χ1v) is 11.3. The van der Waals surface area contributed by atoms with Crippen LogP contribution in [-0.4, -0.2) is 11.7 Å². The topological polar surface area (TPSA) is 20.2 Å². The van der Waals surface area contributed by atoms with E-state index in [9.17, 15) is 0 Å². The molecule has 0 aromatic heterocycles. The molecule has 0 saturated heterocycles. The first-order valence-electron chi connectivity index (χ1n) is 11.3. The molecule has 1 nitrogen and oxygen atoms in total. The highest BCUT2D eigenvalue weighted by Crippen LogP contribution is 2.39. The summed E-state index contributed by atoms with van der Waals surface area (Å²) in [5, 5.41) is 7.57. The molecule has 2 saturated carbocycles. The van der Waals surface area contributed by atoms with Crippen LogP contribution >= 0.6 is 0 Å². The Balaban J connectivity index is 0.000000417. The van der Waals surface area contributed by atoms with Crippen LogP contribution in [-0.2, 0) is 0 Å². The highest BCUT2D eigenvalue weighted by molar-refractivity contribution is 4.95. The van der Waals surface area contributed by atoms with E-state index in [1.807, 2.05) is 0 Å². The predicted molar refractivity (Wildman–Crippen MR) is 114 cm³/mol. The van der Waals surface area contributed by atoms with Crippen molar-refractivity contribution >= 4 is 0 Å². The molecular weight excluding hydrogens is 304 g/mol. The minimum Gasteiger partial charge on any atom is -0.397 e. The summed E-state index contributed by atoms with van der Waals surface area (Å²) in [7, 11) is 0. The van der Waals surface area contributed by atoms with Gasteiger partial charge in [0, 0.05) is 6.61 Å². The zero-order valence-corrected chi connectivity index (χ0v) is 18.3. The summed E-state index contributed by atoms with van der Waals surface area (Å²) >= 11 is 0. The van der Waals surface area contributed by atoms with E-state index in [0.717, 1.165) is 29.6 Å². The number of hydrogen-bond donors (Lipinski definition) is 1. The van der Waals surface area contributed by atoms with Gasteiger partial charge in [-0.05, 0) is 56.3 Å². The van der Waals surface area contributed by atoms with Gasteiger partial charge in [-0.3, -0.25) is 0 Å². The molecule has 0 aromatic carbocycles. The Morgan fingerprint density at radius 1 is 0.760 bits per heavy atom. The maximum absolute atomic E-state index is 7.57. The van der Waals surface area contributed by atoms with Gasteiger partial charge in [-0.1, -0.05) is 91.2 Å². The number of allylic oxidation sites excluding steroid dienone is 2. The second-order valence-corrected chi connectivity index (χ2v) is 8.12. The maximum Gasteiger partial charge on any atom is 0.0402 e. The second-order valence-electron chi connectivity index (χ2n) is 8.12. The standard InChI is InChI=1S/C13H24.C9H18.C2H6O/c1-4-8-13-11(5-2)9-7-10-12(13)6-3;1-3-9-7-5-4-6-8(9)2;1-2-3/h4,8,11-13H,5-7,9-10H2,1-3H3;8-9H,3-7H2,1-2H3;3H,2H2,1H3/b8-4-;;. The fourth-order valence-electron chi connectivity index (χ4n) is 4.90. The average Bonchev–Trinajstić information content (AvgIpc) is 2.64. The van der Waals surface area contributed by atoms with Crippen LogP contribution < -0.4 is 0 Å². The van der Waals surface area contributed by atoms with Crippen molar-refractivity contribution in [1.29, 1.82) is 0 Å². The molecule has 0 amide bonds. The Kier molecular flexibility index (Phi) is 15.7. The first-order chi connectivity index (χ1) is 12.1. The molecule has 1 heteroatoms. The third-order valence-corrected chi connectivity index (χ3v) is 6.52. The van der Waals surface area contributed by atoms with E-state index in [1.165, 1.54) is 64.2 Å². The first kappa shape index (κ1) is 24.7. The lowest BCUT2D eigenvalue weighted by Crippen LogP contribution is -2.26. The normalized spacial score (nSPS) is 32.4. The van der Waals surface area contributed by atoms with Crippen molar-refractivity contribution in [2.45, 2.75) is 106 Å². The summed E-state index contributed by atoms with van der Waals surface area (Å²) in [6.07, 6.45) is 19.2. The molecular formula is C24H48O. The van der Waals surface area contributed by atoms with Crippen molar-refractivity contribution in [3.63, 3.8) is 0 Å². The quantitative estimate of drug-likeness (QED) is 0.515. The van der Waals surface area contributed by atoms with E-state index in [0.29, 0.717) is 0 Å². The Hall–Kier alpha value is -0.300. The van der Waals surface area contributed by atoms with Crippen LogP contribution in [0.25, 0.3) is 0 Å². The minimum atomic E-state index is 0.250. The maximum atomic E-state index is 7.57. The molecule has 0 radical (unpaired) electrons. The van der Waals surface area contributed by atoms with Crippen LogP contribution in [0.3, 0.4) is 0 Å². The van der Waals surface area contributed by atoms with Gasteiger partial charge >= 0.3 is 0 Å². The van der Waals surface area contributed by atoms with Gasteiger partial charge in [0.15, 0.2) is 0 Å².